The Labute approximate surface area is 159 Å². The van der Waals surface area contributed by atoms with Gasteiger partial charge in [-0.05, 0) is 34.1 Å². The number of halogens is 1. The van der Waals surface area contributed by atoms with Crippen LogP contribution in [-0.2, 0) is 11.8 Å². The normalized spacial score (nSPS) is 18.6. The lowest BCUT2D eigenvalue weighted by Gasteiger charge is -2.42. The third kappa shape index (κ3) is 3.60. The number of pyridine rings is 1. The summed E-state index contributed by atoms with van der Waals surface area (Å²) in [5.41, 5.74) is 0.343. The van der Waals surface area contributed by atoms with Gasteiger partial charge in [-0.3, -0.25) is 9.69 Å². The van der Waals surface area contributed by atoms with Gasteiger partial charge in [0.15, 0.2) is 11.6 Å². The molecule has 1 N–H and O–H groups in total. The topological polar surface area (TPSA) is 75.5 Å². The van der Waals surface area contributed by atoms with Crippen LogP contribution in [0.4, 0.5) is 17.3 Å². The molecule has 2 aromatic heterocycles. The first-order valence-corrected chi connectivity index (χ1v) is 9.43. The summed E-state index contributed by atoms with van der Waals surface area (Å²) in [5.74, 6) is 1.41. The third-order valence-electron chi connectivity index (χ3n) is 4.84. The molecular weight excluding hydrogens is 400 g/mol. The number of nitrogens with one attached hydrogen (secondary N) is 1. The standard InChI is InChI=1S/C17H21BrN6O2/c1-22-9-12(18)8-14(17(22)25)19-15-2-3-16(21-20-15)24-6-4-23(5-7-24)13-10-26-11-13/h2-3,8-9,13H,4-7,10-11H2,1H3,(H,19,20). The number of hydrogen-bond donors (Lipinski definition) is 1. The maximum atomic E-state index is 12.2. The number of aromatic nitrogens is 3. The van der Waals surface area contributed by atoms with Crippen molar-refractivity contribution in [3.63, 3.8) is 0 Å². The SMILES string of the molecule is Cn1cc(Br)cc(Nc2ccc(N3CCN(C4COC4)CC3)nn2)c1=O. The van der Waals surface area contributed by atoms with Crippen LogP contribution in [0, 0.1) is 0 Å². The van der Waals surface area contributed by atoms with Crippen molar-refractivity contribution >= 4 is 33.3 Å². The summed E-state index contributed by atoms with van der Waals surface area (Å²) >= 11 is 3.39. The highest BCUT2D eigenvalue weighted by Crippen LogP contribution is 2.19. The molecule has 2 aliphatic rings. The van der Waals surface area contributed by atoms with E-state index in [9.17, 15) is 4.79 Å². The molecule has 9 heteroatoms. The van der Waals surface area contributed by atoms with Gasteiger partial charge < -0.3 is 19.5 Å². The molecule has 0 amide bonds. The predicted molar refractivity (Wildman–Crippen MR) is 103 cm³/mol. The summed E-state index contributed by atoms with van der Waals surface area (Å²) in [5, 5.41) is 11.6. The Kier molecular flexibility index (Phi) is 4.92. The quantitative estimate of drug-likeness (QED) is 0.795. The lowest BCUT2D eigenvalue weighted by molar-refractivity contribution is -0.0661. The van der Waals surface area contributed by atoms with Crippen molar-refractivity contribution in [2.75, 3.05) is 49.6 Å². The molecule has 0 unspecified atom stereocenters. The van der Waals surface area contributed by atoms with Crippen molar-refractivity contribution in [2.24, 2.45) is 7.05 Å². The first kappa shape index (κ1) is 17.4. The van der Waals surface area contributed by atoms with E-state index in [2.05, 4.69) is 41.2 Å². The predicted octanol–water partition coefficient (Wildman–Crippen LogP) is 1.20. The van der Waals surface area contributed by atoms with E-state index in [4.69, 9.17) is 4.74 Å². The van der Waals surface area contributed by atoms with E-state index >= 15 is 0 Å². The summed E-state index contributed by atoms with van der Waals surface area (Å²) in [6, 6.07) is 6.12. The van der Waals surface area contributed by atoms with Crippen LogP contribution in [0.2, 0.25) is 0 Å². The minimum absolute atomic E-state index is 0.116. The van der Waals surface area contributed by atoms with Crippen LogP contribution in [0.1, 0.15) is 0 Å². The highest BCUT2D eigenvalue weighted by Gasteiger charge is 2.29. The molecule has 2 fully saturated rings. The molecule has 0 saturated carbocycles. The van der Waals surface area contributed by atoms with Gasteiger partial charge in [0.2, 0.25) is 0 Å². The Morgan fingerprint density at radius 3 is 2.58 bits per heavy atom. The Bertz CT molecular complexity index is 828. The van der Waals surface area contributed by atoms with Crippen molar-refractivity contribution in [1.29, 1.82) is 0 Å². The van der Waals surface area contributed by atoms with Gasteiger partial charge in [0, 0.05) is 43.9 Å². The van der Waals surface area contributed by atoms with E-state index in [0.29, 0.717) is 17.5 Å². The summed E-state index contributed by atoms with van der Waals surface area (Å²) in [6.07, 6.45) is 1.72. The molecule has 0 atom stereocenters. The lowest BCUT2D eigenvalue weighted by Crippen LogP contribution is -2.56. The van der Waals surface area contributed by atoms with E-state index in [1.807, 2.05) is 12.1 Å². The number of anilines is 3. The zero-order valence-electron chi connectivity index (χ0n) is 14.6. The van der Waals surface area contributed by atoms with Gasteiger partial charge in [-0.25, -0.2) is 0 Å². The Morgan fingerprint density at radius 1 is 1.19 bits per heavy atom. The molecule has 0 radical (unpaired) electrons. The Balaban J connectivity index is 1.40. The minimum Gasteiger partial charge on any atom is -0.378 e. The van der Waals surface area contributed by atoms with E-state index < -0.39 is 0 Å². The number of nitrogens with zero attached hydrogens (tertiary/aromatic N) is 5. The van der Waals surface area contributed by atoms with Gasteiger partial charge in [-0.1, -0.05) is 0 Å². The molecule has 138 valence electrons. The summed E-state index contributed by atoms with van der Waals surface area (Å²) in [7, 11) is 1.71. The van der Waals surface area contributed by atoms with Gasteiger partial charge in [0.25, 0.3) is 5.56 Å². The molecule has 0 spiro atoms. The average molecular weight is 421 g/mol. The molecule has 4 heterocycles. The molecule has 2 aliphatic heterocycles. The second-order valence-corrected chi connectivity index (χ2v) is 7.52. The molecule has 0 aliphatic carbocycles. The van der Waals surface area contributed by atoms with Crippen molar-refractivity contribution < 1.29 is 4.74 Å². The molecule has 0 bridgehead atoms. The maximum absolute atomic E-state index is 12.2. The van der Waals surface area contributed by atoms with Crippen LogP contribution in [0.15, 0.2) is 33.7 Å². The minimum atomic E-state index is -0.116. The highest BCUT2D eigenvalue weighted by atomic mass is 79.9. The highest BCUT2D eigenvalue weighted by molar-refractivity contribution is 9.10. The van der Waals surface area contributed by atoms with Crippen LogP contribution in [0.5, 0.6) is 0 Å². The zero-order valence-corrected chi connectivity index (χ0v) is 16.1. The monoisotopic (exact) mass is 420 g/mol. The van der Waals surface area contributed by atoms with Gasteiger partial charge >= 0.3 is 0 Å². The van der Waals surface area contributed by atoms with Gasteiger partial charge in [0.05, 0.1) is 19.3 Å². The molecular formula is C17H21BrN6O2. The van der Waals surface area contributed by atoms with Crippen LogP contribution in [0.3, 0.4) is 0 Å². The number of ether oxygens (including phenoxy) is 1. The summed E-state index contributed by atoms with van der Waals surface area (Å²) < 4.78 is 7.61. The fourth-order valence-corrected chi connectivity index (χ4v) is 3.74. The lowest BCUT2D eigenvalue weighted by atomic mass is 10.2. The van der Waals surface area contributed by atoms with Crippen molar-refractivity contribution in [3.8, 4) is 0 Å². The number of rotatable bonds is 4. The van der Waals surface area contributed by atoms with E-state index in [-0.39, 0.29) is 5.56 Å². The molecule has 4 rings (SSSR count). The third-order valence-corrected chi connectivity index (χ3v) is 5.27. The molecule has 2 saturated heterocycles. The van der Waals surface area contributed by atoms with Gasteiger partial charge in [-0.2, -0.15) is 0 Å². The average Bonchev–Trinajstić information content (AvgIpc) is 2.59. The van der Waals surface area contributed by atoms with Crippen LogP contribution in [-0.4, -0.2) is 65.1 Å². The van der Waals surface area contributed by atoms with E-state index in [0.717, 1.165) is 49.7 Å². The Hall–Kier alpha value is -1.97. The second kappa shape index (κ2) is 7.34. The van der Waals surface area contributed by atoms with Crippen molar-refractivity contribution in [2.45, 2.75) is 6.04 Å². The fourth-order valence-electron chi connectivity index (χ4n) is 3.21. The molecule has 0 aromatic carbocycles. The first-order valence-electron chi connectivity index (χ1n) is 8.64. The molecule has 8 nitrogen and oxygen atoms in total. The summed E-state index contributed by atoms with van der Waals surface area (Å²) in [4.78, 5) is 16.9. The number of hydrogen-bond acceptors (Lipinski definition) is 7. The van der Waals surface area contributed by atoms with Crippen LogP contribution in [0.25, 0.3) is 0 Å². The molecule has 2 aromatic rings. The van der Waals surface area contributed by atoms with Crippen LogP contribution < -0.4 is 15.8 Å². The molecule has 26 heavy (non-hydrogen) atoms. The Morgan fingerprint density at radius 2 is 1.96 bits per heavy atom. The van der Waals surface area contributed by atoms with Crippen LogP contribution >= 0.6 is 15.9 Å². The van der Waals surface area contributed by atoms with E-state index in [1.165, 1.54) is 4.57 Å². The largest absolute Gasteiger partial charge is 0.378 e. The second-order valence-electron chi connectivity index (χ2n) is 6.60. The number of piperazine rings is 1. The van der Waals surface area contributed by atoms with E-state index in [1.54, 1.807) is 19.3 Å². The van der Waals surface area contributed by atoms with Crippen molar-refractivity contribution in [1.82, 2.24) is 19.7 Å². The zero-order chi connectivity index (χ0) is 18.1. The maximum Gasteiger partial charge on any atom is 0.274 e. The van der Waals surface area contributed by atoms with Gasteiger partial charge in [-0.15, -0.1) is 10.2 Å². The van der Waals surface area contributed by atoms with Crippen molar-refractivity contribution in [3.05, 3.63) is 39.2 Å². The first-order chi connectivity index (χ1) is 12.6. The summed E-state index contributed by atoms with van der Waals surface area (Å²) in [6.45, 7) is 5.62. The number of aryl methyl sites for hydroxylation is 1. The fraction of sp³-hybridized carbons (Fsp3) is 0.471. The van der Waals surface area contributed by atoms with Gasteiger partial charge in [0.1, 0.15) is 5.69 Å². The smallest absolute Gasteiger partial charge is 0.274 e.